The monoisotopic (exact) mass is 445 g/mol. The van der Waals surface area contributed by atoms with Gasteiger partial charge in [0.25, 0.3) is 5.91 Å². The zero-order valence-electron chi connectivity index (χ0n) is 17.7. The third kappa shape index (κ3) is 2.48. The van der Waals surface area contributed by atoms with Crippen LogP contribution in [0, 0.1) is 11.8 Å². The molecule has 0 aliphatic heterocycles. The van der Waals surface area contributed by atoms with Gasteiger partial charge in [-0.15, -0.1) is 0 Å². The van der Waals surface area contributed by atoms with Crippen molar-refractivity contribution in [3.63, 3.8) is 0 Å². The maximum Gasteiger partial charge on any atom is 0.256 e. The molecule has 1 amide bonds. The van der Waals surface area contributed by atoms with E-state index >= 15 is 0 Å². The molecule has 0 aromatic heterocycles. The smallest absolute Gasteiger partial charge is 0.256 e. The maximum atomic E-state index is 13.7. The SMILES string of the molecule is C[NH+](C)[C@@H]1C(=O)C(C(N)=O)=C(O)[C@]2(O)C(=O)C3=C(O)c4c(O)cccc4[C@](C)(O)[C@H]3C[C@H]12. The highest BCUT2D eigenvalue weighted by Crippen LogP contribution is 2.56. The Bertz CT molecular complexity index is 1150. The molecule has 10 heteroatoms. The van der Waals surface area contributed by atoms with Gasteiger partial charge in [0.05, 0.1) is 31.2 Å². The number of Topliss-reactive ketones (excluding diaryl/α,β-unsaturated/α-hetero) is 2. The number of ketones is 2. The molecule has 0 unspecified atom stereocenters. The number of carbonyl (C=O) groups is 3. The number of benzene rings is 1. The average molecular weight is 445 g/mol. The molecule has 1 aromatic rings. The van der Waals surface area contributed by atoms with Crippen LogP contribution in [0.25, 0.3) is 5.76 Å². The molecule has 3 aliphatic carbocycles. The number of hydrogen-bond donors (Lipinski definition) is 7. The van der Waals surface area contributed by atoms with E-state index in [2.05, 4.69) is 0 Å². The Morgan fingerprint density at radius 2 is 1.78 bits per heavy atom. The number of carbonyl (C=O) groups excluding carboxylic acids is 3. The number of aromatic hydroxyl groups is 1. The summed E-state index contributed by atoms with van der Waals surface area (Å²) in [5.41, 5.74) is -0.466. The average Bonchev–Trinajstić information content (AvgIpc) is 2.68. The van der Waals surface area contributed by atoms with Crippen LogP contribution in [0.5, 0.6) is 5.75 Å². The van der Waals surface area contributed by atoms with Crippen LogP contribution in [-0.2, 0) is 20.0 Å². The summed E-state index contributed by atoms with van der Waals surface area (Å²) >= 11 is 0. The van der Waals surface area contributed by atoms with Gasteiger partial charge >= 0.3 is 0 Å². The number of quaternary nitrogens is 1. The molecule has 0 radical (unpaired) electrons. The number of amides is 1. The first-order chi connectivity index (χ1) is 14.8. The van der Waals surface area contributed by atoms with E-state index in [-0.39, 0.29) is 23.3 Å². The van der Waals surface area contributed by atoms with Crippen molar-refractivity contribution in [2.45, 2.75) is 30.6 Å². The molecule has 0 heterocycles. The molecular weight excluding hydrogens is 420 g/mol. The third-order valence-corrected chi connectivity index (χ3v) is 7.12. The number of rotatable bonds is 2. The Balaban J connectivity index is 2.05. The molecule has 5 atom stereocenters. The molecule has 0 spiro atoms. The second-order valence-electron chi connectivity index (χ2n) is 9.11. The van der Waals surface area contributed by atoms with Gasteiger partial charge in [-0.25, -0.2) is 0 Å². The van der Waals surface area contributed by atoms with E-state index in [0.29, 0.717) is 4.90 Å². The van der Waals surface area contributed by atoms with Crippen LogP contribution in [0.3, 0.4) is 0 Å². The van der Waals surface area contributed by atoms with E-state index in [0.717, 1.165) is 0 Å². The largest absolute Gasteiger partial charge is 0.508 e. The molecule has 1 saturated carbocycles. The van der Waals surface area contributed by atoms with Gasteiger partial charge in [-0.2, -0.15) is 0 Å². The second-order valence-corrected chi connectivity index (χ2v) is 9.11. The third-order valence-electron chi connectivity index (χ3n) is 7.12. The minimum Gasteiger partial charge on any atom is -0.508 e. The summed E-state index contributed by atoms with van der Waals surface area (Å²) < 4.78 is 0. The maximum absolute atomic E-state index is 13.7. The normalized spacial score (nSPS) is 34.4. The van der Waals surface area contributed by atoms with Gasteiger partial charge in [-0.05, 0) is 25.0 Å². The number of nitrogens with two attached hydrogens (primary N) is 1. The Morgan fingerprint density at radius 3 is 2.34 bits per heavy atom. The summed E-state index contributed by atoms with van der Waals surface area (Å²) in [7, 11) is 3.17. The number of aliphatic hydroxyl groups is 4. The summed E-state index contributed by atoms with van der Waals surface area (Å²) in [6.45, 7) is 1.41. The van der Waals surface area contributed by atoms with Crippen LogP contribution in [0.4, 0.5) is 0 Å². The molecule has 0 bridgehead atoms. The van der Waals surface area contributed by atoms with E-state index in [9.17, 15) is 39.9 Å². The summed E-state index contributed by atoms with van der Waals surface area (Å²) in [4.78, 5) is 39.1. The van der Waals surface area contributed by atoms with Crippen molar-refractivity contribution in [2.24, 2.45) is 17.6 Å². The standard InChI is InChI=1S/C22H24N2O8/c1-21(31)8-5-4-6-11(25)12(8)16(26)13-9(21)7-10-15(24(2)3)17(27)14(20(23)30)19(29)22(10,32)18(13)28/h4-6,9-10,15,25-26,29,31-32H,7H2,1-3H3,(H2,23,30)/p+1/t9-,10+,15-,21-,22+/m0/s1. The molecule has 8 N–H and O–H groups in total. The fourth-order valence-electron chi connectivity index (χ4n) is 5.60. The van der Waals surface area contributed by atoms with E-state index in [4.69, 9.17) is 5.73 Å². The Kier molecular flexibility index (Phi) is 4.57. The number of likely N-dealkylation sites (N-methyl/N-ethyl adjacent to an activating group) is 1. The van der Waals surface area contributed by atoms with Crippen LogP contribution in [0.15, 0.2) is 35.1 Å². The van der Waals surface area contributed by atoms with E-state index < -0.39 is 69.2 Å². The number of hydrogen-bond acceptors (Lipinski definition) is 8. The fraction of sp³-hybridized carbons (Fsp3) is 0.409. The van der Waals surface area contributed by atoms with Gasteiger partial charge in [-0.1, -0.05) is 12.1 Å². The zero-order valence-corrected chi connectivity index (χ0v) is 17.7. The van der Waals surface area contributed by atoms with Crippen LogP contribution < -0.4 is 10.6 Å². The van der Waals surface area contributed by atoms with Crippen molar-refractivity contribution in [1.82, 2.24) is 0 Å². The Morgan fingerprint density at radius 1 is 1.16 bits per heavy atom. The van der Waals surface area contributed by atoms with Gasteiger partial charge in [0.2, 0.25) is 11.6 Å². The summed E-state index contributed by atoms with van der Waals surface area (Å²) in [6, 6.07) is 3.11. The minimum atomic E-state index is -2.72. The van der Waals surface area contributed by atoms with Crippen molar-refractivity contribution in [1.29, 1.82) is 0 Å². The molecule has 1 fully saturated rings. The van der Waals surface area contributed by atoms with Crippen molar-refractivity contribution in [2.75, 3.05) is 14.1 Å². The summed E-state index contributed by atoms with van der Waals surface area (Å²) in [5, 5.41) is 54.9. The van der Waals surface area contributed by atoms with Crippen molar-refractivity contribution < 1.29 is 44.8 Å². The highest BCUT2D eigenvalue weighted by Gasteiger charge is 2.67. The lowest BCUT2D eigenvalue weighted by atomic mass is 9.54. The topological polar surface area (TPSA) is 183 Å². The molecule has 170 valence electrons. The minimum absolute atomic E-state index is 0.167. The van der Waals surface area contributed by atoms with E-state index in [1.54, 1.807) is 14.1 Å². The van der Waals surface area contributed by atoms with E-state index in [1.165, 1.54) is 25.1 Å². The fourth-order valence-corrected chi connectivity index (χ4v) is 5.60. The Hall–Kier alpha value is -3.21. The molecule has 4 rings (SSSR count). The van der Waals surface area contributed by atoms with Crippen molar-refractivity contribution in [3.8, 4) is 5.75 Å². The Labute approximate surface area is 182 Å². The number of phenolic OH excluding ortho intramolecular Hbond substituents is 1. The van der Waals surface area contributed by atoms with Gasteiger partial charge in [0, 0.05) is 11.5 Å². The highest BCUT2D eigenvalue weighted by atomic mass is 16.3. The second kappa shape index (κ2) is 6.64. The lowest BCUT2D eigenvalue weighted by molar-refractivity contribution is -0.880. The van der Waals surface area contributed by atoms with Gasteiger partial charge in [-0.3, -0.25) is 14.4 Å². The quantitative estimate of drug-likeness (QED) is 0.260. The van der Waals surface area contributed by atoms with Crippen molar-refractivity contribution >= 4 is 23.2 Å². The van der Waals surface area contributed by atoms with E-state index in [1.807, 2.05) is 0 Å². The molecule has 10 nitrogen and oxygen atoms in total. The van der Waals surface area contributed by atoms with Crippen LogP contribution in [0.2, 0.25) is 0 Å². The van der Waals surface area contributed by atoms with Gasteiger partial charge in [0.1, 0.15) is 22.8 Å². The number of fused-ring (bicyclic) bond motifs is 3. The zero-order chi connectivity index (χ0) is 23.9. The number of aliphatic hydroxyl groups excluding tert-OH is 2. The lowest BCUT2D eigenvalue weighted by Crippen LogP contribution is -3.13. The molecule has 3 aliphatic rings. The first-order valence-corrected chi connectivity index (χ1v) is 10.1. The van der Waals surface area contributed by atoms with Crippen molar-refractivity contribution in [3.05, 3.63) is 46.2 Å². The molecule has 32 heavy (non-hydrogen) atoms. The first kappa shape index (κ1) is 22.0. The lowest BCUT2D eigenvalue weighted by Gasteiger charge is -2.51. The number of nitrogens with one attached hydrogen (secondary N) is 1. The van der Waals surface area contributed by atoms with Crippen LogP contribution in [0.1, 0.15) is 24.5 Å². The number of primary amides is 1. The molecule has 1 aromatic carbocycles. The van der Waals surface area contributed by atoms with Gasteiger partial charge < -0.3 is 36.2 Å². The molecule has 0 saturated heterocycles. The highest BCUT2D eigenvalue weighted by molar-refractivity contribution is 6.24. The first-order valence-electron chi connectivity index (χ1n) is 10.1. The van der Waals surface area contributed by atoms with Crippen LogP contribution in [-0.4, -0.2) is 68.7 Å². The van der Waals surface area contributed by atoms with Gasteiger partial charge in [0.15, 0.2) is 11.6 Å². The summed E-state index contributed by atoms with van der Waals surface area (Å²) in [5.74, 6) is -7.76. The van der Waals surface area contributed by atoms with Crippen LogP contribution >= 0.6 is 0 Å². The molecular formula is C22H25N2O8+. The predicted molar refractivity (Wildman–Crippen MR) is 109 cm³/mol. The summed E-state index contributed by atoms with van der Waals surface area (Å²) in [6.07, 6.45) is -0.179. The predicted octanol–water partition coefficient (Wildman–Crippen LogP) is -1.79. The number of phenols is 1.